The lowest BCUT2D eigenvalue weighted by Crippen LogP contribution is -2.39. The third-order valence-corrected chi connectivity index (χ3v) is 4.25. The van der Waals surface area contributed by atoms with Crippen molar-refractivity contribution in [3.8, 4) is 0 Å². The van der Waals surface area contributed by atoms with Crippen LogP contribution in [0.1, 0.15) is 36.9 Å². The number of nitrogens with two attached hydrogens (primary N) is 1. The molecule has 1 aromatic heterocycles. The Kier molecular flexibility index (Phi) is 3.46. The van der Waals surface area contributed by atoms with Crippen LogP contribution in [0.15, 0.2) is 6.33 Å². The van der Waals surface area contributed by atoms with Crippen LogP contribution < -0.4 is 10.6 Å². The molecular weight excluding hydrogens is 224 g/mol. The standard InChI is InChI=1S/C14H22N4/c15-8-11-4-3-7-18(9-11)14-12-5-1-2-6-13(12)16-10-17-14/h10-11H,1-9,15H2. The van der Waals surface area contributed by atoms with Gasteiger partial charge in [-0.1, -0.05) is 0 Å². The minimum atomic E-state index is 0.632. The van der Waals surface area contributed by atoms with Crippen molar-refractivity contribution in [2.75, 3.05) is 24.5 Å². The lowest BCUT2D eigenvalue weighted by Gasteiger charge is -2.35. The van der Waals surface area contributed by atoms with Crippen LogP contribution in [-0.2, 0) is 12.8 Å². The second kappa shape index (κ2) is 5.22. The molecule has 0 saturated carbocycles. The summed E-state index contributed by atoms with van der Waals surface area (Å²) in [4.78, 5) is 11.4. The molecule has 3 rings (SSSR count). The lowest BCUT2D eigenvalue weighted by molar-refractivity contribution is 0.420. The monoisotopic (exact) mass is 246 g/mol. The largest absolute Gasteiger partial charge is 0.356 e. The summed E-state index contributed by atoms with van der Waals surface area (Å²) in [5.41, 5.74) is 8.50. The summed E-state index contributed by atoms with van der Waals surface area (Å²) in [6.45, 7) is 2.99. The number of rotatable bonds is 2. The number of anilines is 1. The Labute approximate surface area is 109 Å². The number of hydrogen-bond acceptors (Lipinski definition) is 4. The fraction of sp³-hybridized carbons (Fsp3) is 0.714. The molecule has 1 aliphatic carbocycles. The van der Waals surface area contributed by atoms with Crippen LogP contribution in [0.2, 0.25) is 0 Å². The lowest BCUT2D eigenvalue weighted by atomic mass is 9.94. The molecule has 2 heterocycles. The summed E-state index contributed by atoms with van der Waals surface area (Å²) in [6.07, 6.45) is 9.07. The van der Waals surface area contributed by atoms with Crippen molar-refractivity contribution in [1.29, 1.82) is 0 Å². The summed E-state index contributed by atoms with van der Waals surface area (Å²) in [6, 6.07) is 0. The molecule has 0 aromatic carbocycles. The third kappa shape index (κ3) is 2.21. The molecule has 1 atom stereocenters. The summed E-state index contributed by atoms with van der Waals surface area (Å²) in [7, 11) is 0. The molecular formula is C14H22N4. The van der Waals surface area contributed by atoms with E-state index in [1.54, 1.807) is 6.33 Å². The minimum Gasteiger partial charge on any atom is -0.356 e. The Morgan fingerprint density at radius 2 is 2.11 bits per heavy atom. The molecule has 18 heavy (non-hydrogen) atoms. The normalized spacial score (nSPS) is 23.8. The van der Waals surface area contributed by atoms with Gasteiger partial charge in [-0.05, 0) is 51.0 Å². The van der Waals surface area contributed by atoms with Gasteiger partial charge in [-0.15, -0.1) is 0 Å². The second-order valence-electron chi connectivity index (χ2n) is 5.52. The first-order valence-electron chi connectivity index (χ1n) is 7.16. The Morgan fingerprint density at radius 3 is 3.00 bits per heavy atom. The Hall–Kier alpha value is -1.16. The van der Waals surface area contributed by atoms with Gasteiger partial charge in [0, 0.05) is 24.3 Å². The van der Waals surface area contributed by atoms with Gasteiger partial charge in [0.1, 0.15) is 12.1 Å². The predicted molar refractivity (Wildman–Crippen MR) is 72.7 cm³/mol. The number of piperidine rings is 1. The average molecular weight is 246 g/mol. The molecule has 1 saturated heterocycles. The summed E-state index contributed by atoms with van der Waals surface area (Å²) in [5, 5.41) is 0. The van der Waals surface area contributed by atoms with Crippen molar-refractivity contribution in [2.45, 2.75) is 38.5 Å². The molecule has 1 aromatic rings. The number of aromatic nitrogens is 2. The van der Waals surface area contributed by atoms with Gasteiger partial charge < -0.3 is 10.6 Å². The summed E-state index contributed by atoms with van der Waals surface area (Å²) >= 11 is 0. The molecule has 2 N–H and O–H groups in total. The molecule has 2 aliphatic rings. The van der Waals surface area contributed by atoms with Crippen LogP contribution in [-0.4, -0.2) is 29.6 Å². The molecule has 0 radical (unpaired) electrons. The first-order chi connectivity index (χ1) is 8.88. The molecule has 98 valence electrons. The zero-order valence-electron chi connectivity index (χ0n) is 10.9. The van der Waals surface area contributed by atoms with Gasteiger partial charge in [-0.25, -0.2) is 9.97 Å². The Balaban J connectivity index is 1.87. The average Bonchev–Trinajstić information content (AvgIpc) is 2.47. The SMILES string of the molecule is NCC1CCCN(c2ncnc3c2CCCC3)C1. The Morgan fingerprint density at radius 1 is 1.22 bits per heavy atom. The van der Waals surface area contributed by atoms with Crippen molar-refractivity contribution >= 4 is 5.82 Å². The first-order valence-corrected chi connectivity index (χ1v) is 7.16. The predicted octanol–water partition coefficient (Wildman–Crippen LogP) is 1.53. The van der Waals surface area contributed by atoms with Gasteiger partial charge in [0.25, 0.3) is 0 Å². The molecule has 4 heteroatoms. The van der Waals surface area contributed by atoms with E-state index in [9.17, 15) is 0 Å². The van der Waals surface area contributed by atoms with Gasteiger partial charge in [0.15, 0.2) is 0 Å². The van der Waals surface area contributed by atoms with Gasteiger partial charge in [0.05, 0.1) is 0 Å². The first kappa shape index (κ1) is 11.9. The van der Waals surface area contributed by atoms with Crippen LogP contribution in [0.5, 0.6) is 0 Å². The van der Waals surface area contributed by atoms with Crippen molar-refractivity contribution in [2.24, 2.45) is 11.7 Å². The van der Waals surface area contributed by atoms with E-state index in [1.165, 1.54) is 42.8 Å². The van der Waals surface area contributed by atoms with Gasteiger partial charge in [0.2, 0.25) is 0 Å². The number of aryl methyl sites for hydroxylation is 1. The maximum atomic E-state index is 5.82. The maximum Gasteiger partial charge on any atom is 0.135 e. The van der Waals surface area contributed by atoms with Crippen LogP contribution in [0, 0.1) is 5.92 Å². The molecule has 0 bridgehead atoms. The smallest absolute Gasteiger partial charge is 0.135 e. The van der Waals surface area contributed by atoms with E-state index in [0.29, 0.717) is 5.92 Å². The quantitative estimate of drug-likeness (QED) is 0.860. The highest BCUT2D eigenvalue weighted by atomic mass is 15.2. The number of fused-ring (bicyclic) bond motifs is 1. The molecule has 4 nitrogen and oxygen atoms in total. The van der Waals surface area contributed by atoms with Gasteiger partial charge in [-0.3, -0.25) is 0 Å². The van der Waals surface area contributed by atoms with E-state index in [1.807, 2.05) is 0 Å². The third-order valence-electron chi connectivity index (χ3n) is 4.25. The van der Waals surface area contributed by atoms with Crippen molar-refractivity contribution in [3.63, 3.8) is 0 Å². The molecule has 1 fully saturated rings. The number of nitrogens with zero attached hydrogens (tertiary/aromatic N) is 3. The maximum absolute atomic E-state index is 5.82. The fourth-order valence-corrected chi connectivity index (χ4v) is 3.23. The fourth-order valence-electron chi connectivity index (χ4n) is 3.23. The van der Waals surface area contributed by atoms with Gasteiger partial charge in [-0.2, -0.15) is 0 Å². The molecule has 0 amide bonds. The van der Waals surface area contributed by atoms with E-state index in [0.717, 1.165) is 32.5 Å². The minimum absolute atomic E-state index is 0.632. The van der Waals surface area contributed by atoms with E-state index >= 15 is 0 Å². The van der Waals surface area contributed by atoms with Crippen LogP contribution >= 0.6 is 0 Å². The zero-order chi connectivity index (χ0) is 12.4. The molecule has 0 spiro atoms. The highest BCUT2D eigenvalue weighted by Crippen LogP contribution is 2.29. The highest BCUT2D eigenvalue weighted by Gasteiger charge is 2.24. The van der Waals surface area contributed by atoms with Crippen LogP contribution in [0.25, 0.3) is 0 Å². The Bertz CT molecular complexity index is 418. The van der Waals surface area contributed by atoms with Crippen molar-refractivity contribution in [3.05, 3.63) is 17.6 Å². The topological polar surface area (TPSA) is 55.0 Å². The highest BCUT2D eigenvalue weighted by molar-refractivity contribution is 5.49. The van der Waals surface area contributed by atoms with E-state index in [2.05, 4.69) is 14.9 Å². The molecule has 1 aliphatic heterocycles. The van der Waals surface area contributed by atoms with E-state index in [4.69, 9.17) is 5.73 Å². The second-order valence-corrected chi connectivity index (χ2v) is 5.52. The van der Waals surface area contributed by atoms with Crippen molar-refractivity contribution in [1.82, 2.24) is 9.97 Å². The summed E-state index contributed by atoms with van der Waals surface area (Å²) in [5.74, 6) is 1.82. The van der Waals surface area contributed by atoms with Crippen LogP contribution in [0.4, 0.5) is 5.82 Å². The van der Waals surface area contributed by atoms with Crippen LogP contribution in [0.3, 0.4) is 0 Å². The van der Waals surface area contributed by atoms with E-state index < -0.39 is 0 Å². The van der Waals surface area contributed by atoms with Crippen molar-refractivity contribution < 1.29 is 0 Å². The zero-order valence-corrected chi connectivity index (χ0v) is 10.9. The van der Waals surface area contributed by atoms with Gasteiger partial charge >= 0.3 is 0 Å². The molecule has 1 unspecified atom stereocenters. The van der Waals surface area contributed by atoms with E-state index in [-0.39, 0.29) is 0 Å². The number of hydrogen-bond donors (Lipinski definition) is 1. The summed E-state index contributed by atoms with van der Waals surface area (Å²) < 4.78 is 0.